The Balaban J connectivity index is 2.02. The lowest BCUT2D eigenvalue weighted by Gasteiger charge is -2.09. The monoisotopic (exact) mass is 236 g/mol. The molecule has 2 aromatic heterocycles. The molecule has 0 radical (unpaired) electrons. The fraction of sp³-hybridized carbons (Fsp3) is 0. The predicted molar refractivity (Wildman–Crippen MR) is 73.7 cm³/mol. The van der Waals surface area contributed by atoms with E-state index in [2.05, 4.69) is 15.3 Å². The van der Waals surface area contributed by atoms with Crippen molar-refractivity contribution in [1.29, 1.82) is 0 Å². The first-order chi connectivity index (χ1) is 8.83. The van der Waals surface area contributed by atoms with E-state index in [1.165, 1.54) is 0 Å². The van der Waals surface area contributed by atoms with E-state index in [1.54, 1.807) is 18.5 Å². The van der Waals surface area contributed by atoms with Crippen LogP contribution in [0.1, 0.15) is 0 Å². The second-order valence-corrected chi connectivity index (χ2v) is 4.00. The number of rotatable bonds is 2. The quantitative estimate of drug-likeness (QED) is 0.718. The molecular weight excluding hydrogens is 224 g/mol. The normalized spacial score (nSPS) is 10.4. The highest BCUT2D eigenvalue weighted by atomic mass is 14.9. The number of benzene rings is 1. The molecule has 0 spiro atoms. The minimum absolute atomic E-state index is 0.516. The fourth-order valence-electron chi connectivity index (χ4n) is 1.87. The number of hydrogen-bond donors (Lipinski definition) is 2. The average Bonchev–Trinajstić information content (AvgIpc) is 2.42. The lowest BCUT2D eigenvalue weighted by molar-refractivity contribution is 1.33. The Labute approximate surface area is 104 Å². The fourth-order valence-corrected chi connectivity index (χ4v) is 1.87. The number of nitrogen functional groups attached to an aromatic ring is 1. The predicted octanol–water partition coefficient (Wildman–Crippen LogP) is 2.96. The summed E-state index contributed by atoms with van der Waals surface area (Å²) in [5.74, 6) is 0.516. The van der Waals surface area contributed by atoms with Crippen molar-refractivity contribution in [3.05, 3.63) is 55.0 Å². The average molecular weight is 236 g/mol. The minimum atomic E-state index is 0.516. The molecule has 0 aliphatic carbocycles. The van der Waals surface area contributed by atoms with Gasteiger partial charge in [-0.25, -0.2) is 4.98 Å². The zero-order chi connectivity index (χ0) is 12.4. The summed E-state index contributed by atoms with van der Waals surface area (Å²) in [4.78, 5) is 8.17. The second kappa shape index (κ2) is 4.33. The Morgan fingerprint density at radius 1 is 1.00 bits per heavy atom. The maximum atomic E-state index is 5.56. The largest absolute Gasteiger partial charge is 0.384 e. The van der Waals surface area contributed by atoms with Gasteiger partial charge in [0.1, 0.15) is 5.82 Å². The van der Waals surface area contributed by atoms with Gasteiger partial charge in [-0.3, -0.25) is 4.98 Å². The number of nitrogens with one attached hydrogen (secondary N) is 1. The Morgan fingerprint density at radius 3 is 2.78 bits per heavy atom. The van der Waals surface area contributed by atoms with E-state index in [9.17, 15) is 0 Å². The Morgan fingerprint density at radius 2 is 1.94 bits per heavy atom. The Kier molecular flexibility index (Phi) is 2.53. The van der Waals surface area contributed by atoms with Crippen molar-refractivity contribution in [1.82, 2.24) is 9.97 Å². The van der Waals surface area contributed by atoms with Crippen molar-refractivity contribution in [3.8, 4) is 0 Å². The lowest BCUT2D eigenvalue weighted by Crippen LogP contribution is -1.94. The molecule has 18 heavy (non-hydrogen) atoms. The van der Waals surface area contributed by atoms with Gasteiger partial charge in [-0.15, -0.1) is 0 Å². The summed E-state index contributed by atoms with van der Waals surface area (Å²) in [5, 5.41) is 5.56. The molecule has 0 atom stereocenters. The molecule has 3 rings (SSSR count). The molecule has 0 fully saturated rings. The summed E-state index contributed by atoms with van der Waals surface area (Å²) in [5.41, 5.74) is 7.50. The summed E-state index contributed by atoms with van der Waals surface area (Å²) in [7, 11) is 0. The third kappa shape index (κ3) is 1.96. The van der Waals surface area contributed by atoms with Crippen molar-refractivity contribution < 1.29 is 0 Å². The van der Waals surface area contributed by atoms with Gasteiger partial charge in [0.15, 0.2) is 0 Å². The Hall–Kier alpha value is -2.62. The van der Waals surface area contributed by atoms with E-state index in [-0.39, 0.29) is 0 Å². The molecule has 0 unspecified atom stereocenters. The van der Waals surface area contributed by atoms with Crippen LogP contribution in [0.15, 0.2) is 55.0 Å². The third-order valence-corrected chi connectivity index (χ3v) is 2.75. The summed E-state index contributed by atoms with van der Waals surface area (Å²) >= 11 is 0. The summed E-state index contributed by atoms with van der Waals surface area (Å²) in [6.07, 6.45) is 5.35. The van der Waals surface area contributed by atoms with Crippen molar-refractivity contribution in [3.63, 3.8) is 0 Å². The maximum absolute atomic E-state index is 5.56. The van der Waals surface area contributed by atoms with Crippen LogP contribution >= 0.6 is 0 Å². The van der Waals surface area contributed by atoms with Crippen LogP contribution in [0.3, 0.4) is 0 Å². The van der Waals surface area contributed by atoms with E-state index < -0.39 is 0 Å². The standard InChI is InChI=1S/C14H12N4/c15-14-5-4-11(9-17-14)18-13-3-1-2-10-8-16-7-6-12(10)13/h1-9,18H,(H2,15,17). The number of fused-ring (bicyclic) bond motifs is 1. The van der Waals surface area contributed by atoms with Gasteiger partial charge in [-0.2, -0.15) is 0 Å². The lowest BCUT2D eigenvalue weighted by atomic mass is 10.1. The molecule has 0 aliphatic rings. The molecule has 0 saturated heterocycles. The van der Waals surface area contributed by atoms with Crippen molar-refractivity contribution >= 4 is 28.0 Å². The maximum Gasteiger partial charge on any atom is 0.123 e. The molecule has 88 valence electrons. The van der Waals surface area contributed by atoms with Crippen molar-refractivity contribution in [2.45, 2.75) is 0 Å². The number of aromatic nitrogens is 2. The first-order valence-corrected chi connectivity index (χ1v) is 5.64. The highest BCUT2D eigenvalue weighted by molar-refractivity contribution is 5.94. The minimum Gasteiger partial charge on any atom is -0.384 e. The SMILES string of the molecule is Nc1ccc(Nc2cccc3cnccc23)cn1. The van der Waals surface area contributed by atoms with Crippen LogP contribution in [0.5, 0.6) is 0 Å². The third-order valence-electron chi connectivity index (χ3n) is 2.75. The molecule has 0 saturated carbocycles. The number of hydrogen-bond acceptors (Lipinski definition) is 4. The zero-order valence-corrected chi connectivity index (χ0v) is 9.67. The van der Waals surface area contributed by atoms with Gasteiger partial charge >= 0.3 is 0 Å². The van der Waals surface area contributed by atoms with E-state index in [0.29, 0.717) is 5.82 Å². The summed E-state index contributed by atoms with van der Waals surface area (Å²) in [6, 6.07) is 11.7. The van der Waals surface area contributed by atoms with Crippen LogP contribution in [0.2, 0.25) is 0 Å². The molecular formula is C14H12N4. The highest BCUT2D eigenvalue weighted by Gasteiger charge is 2.01. The molecule has 3 aromatic rings. The van der Waals surface area contributed by atoms with Gasteiger partial charge in [-0.05, 0) is 24.3 Å². The smallest absolute Gasteiger partial charge is 0.123 e. The summed E-state index contributed by atoms with van der Waals surface area (Å²) < 4.78 is 0. The first-order valence-electron chi connectivity index (χ1n) is 5.64. The van der Waals surface area contributed by atoms with Crippen LogP contribution in [-0.4, -0.2) is 9.97 Å². The molecule has 4 heteroatoms. The second-order valence-electron chi connectivity index (χ2n) is 4.00. The number of pyridine rings is 2. The molecule has 1 aromatic carbocycles. The van der Waals surface area contributed by atoms with Crippen LogP contribution in [0.4, 0.5) is 17.2 Å². The van der Waals surface area contributed by atoms with Gasteiger partial charge in [0.2, 0.25) is 0 Å². The highest BCUT2D eigenvalue weighted by Crippen LogP contribution is 2.25. The van der Waals surface area contributed by atoms with Crippen LogP contribution in [-0.2, 0) is 0 Å². The van der Waals surface area contributed by atoms with E-state index in [0.717, 1.165) is 22.1 Å². The van der Waals surface area contributed by atoms with Gasteiger partial charge in [0, 0.05) is 28.9 Å². The molecule has 4 nitrogen and oxygen atoms in total. The molecule has 0 aliphatic heterocycles. The van der Waals surface area contributed by atoms with Gasteiger partial charge in [-0.1, -0.05) is 12.1 Å². The molecule has 2 heterocycles. The first kappa shape index (κ1) is 10.5. The van der Waals surface area contributed by atoms with Crippen LogP contribution in [0, 0.1) is 0 Å². The van der Waals surface area contributed by atoms with Crippen LogP contribution < -0.4 is 11.1 Å². The van der Waals surface area contributed by atoms with Gasteiger partial charge < -0.3 is 11.1 Å². The van der Waals surface area contributed by atoms with Crippen molar-refractivity contribution in [2.75, 3.05) is 11.1 Å². The zero-order valence-electron chi connectivity index (χ0n) is 9.67. The van der Waals surface area contributed by atoms with Crippen molar-refractivity contribution in [2.24, 2.45) is 0 Å². The van der Waals surface area contributed by atoms with Gasteiger partial charge in [0.25, 0.3) is 0 Å². The number of anilines is 3. The van der Waals surface area contributed by atoms with Crippen LogP contribution in [0.25, 0.3) is 10.8 Å². The topological polar surface area (TPSA) is 63.8 Å². The molecule has 0 bridgehead atoms. The summed E-state index contributed by atoms with van der Waals surface area (Å²) in [6.45, 7) is 0. The number of nitrogens with two attached hydrogens (primary N) is 1. The van der Waals surface area contributed by atoms with E-state index >= 15 is 0 Å². The van der Waals surface area contributed by atoms with E-state index in [1.807, 2.05) is 36.5 Å². The Bertz CT molecular complexity index is 671. The van der Waals surface area contributed by atoms with Gasteiger partial charge in [0.05, 0.1) is 11.9 Å². The molecule has 3 N–H and O–H groups in total. The molecule has 0 amide bonds. The number of nitrogens with zero attached hydrogens (tertiary/aromatic N) is 2. The van der Waals surface area contributed by atoms with E-state index in [4.69, 9.17) is 5.73 Å².